The van der Waals surface area contributed by atoms with E-state index in [1.54, 1.807) is 17.9 Å². The van der Waals surface area contributed by atoms with Gasteiger partial charge in [0.2, 0.25) is 11.8 Å². The van der Waals surface area contributed by atoms with Crippen molar-refractivity contribution < 1.29 is 22.8 Å². The van der Waals surface area contributed by atoms with Crippen molar-refractivity contribution in [1.82, 2.24) is 14.7 Å². The Morgan fingerprint density at radius 3 is 2.72 bits per heavy atom. The van der Waals surface area contributed by atoms with E-state index in [0.717, 1.165) is 12.5 Å². The Morgan fingerprint density at radius 2 is 2.06 bits per heavy atom. The number of benzene rings is 1. The lowest BCUT2D eigenvalue weighted by Gasteiger charge is -2.39. The Labute approximate surface area is 184 Å². The number of nitrogens with two attached hydrogens (primary N) is 1. The molecule has 1 aromatic carbocycles. The second kappa shape index (κ2) is 8.37. The molecule has 0 saturated carbocycles. The summed E-state index contributed by atoms with van der Waals surface area (Å²) in [6, 6.07) is 4.70. The predicted octanol–water partition coefficient (Wildman–Crippen LogP) is 1.89. The third-order valence-corrected chi connectivity index (χ3v) is 6.88. The highest BCUT2D eigenvalue weighted by Gasteiger charge is 2.52. The average Bonchev–Trinajstić information content (AvgIpc) is 3.46. The smallest absolute Gasteiger partial charge is 0.330 e. The highest BCUT2D eigenvalue weighted by atomic mass is 19.4. The first-order valence-electron chi connectivity index (χ1n) is 10.8. The number of nitriles is 1. The van der Waals surface area contributed by atoms with Crippen LogP contribution in [0.25, 0.3) is 0 Å². The van der Waals surface area contributed by atoms with E-state index >= 15 is 0 Å². The zero-order valence-electron chi connectivity index (χ0n) is 17.8. The minimum absolute atomic E-state index is 0.0795. The molecule has 2 amide bonds. The summed E-state index contributed by atoms with van der Waals surface area (Å²) in [5.74, 6) is -0.532. The van der Waals surface area contributed by atoms with E-state index in [4.69, 9.17) is 5.73 Å². The van der Waals surface area contributed by atoms with Gasteiger partial charge in [0, 0.05) is 25.7 Å². The lowest BCUT2D eigenvalue weighted by Crippen LogP contribution is -2.56. The van der Waals surface area contributed by atoms with Crippen LogP contribution in [0, 0.1) is 11.3 Å². The fourth-order valence-electron chi connectivity index (χ4n) is 5.38. The van der Waals surface area contributed by atoms with Crippen LogP contribution in [-0.4, -0.2) is 70.3 Å². The van der Waals surface area contributed by atoms with Crippen LogP contribution in [0.15, 0.2) is 24.3 Å². The van der Waals surface area contributed by atoms with Gasteiger partial charge in [-0.05, 0) is 37.8 Å². The third-order valence-electron chi connectivity index (χ3n) is 6.88. The summed E-state index contributed by atoms with van der Waals surface area (Å²) >= 11 is 0. The molecule has 2 N–H and O–H groups in total. The largest absolute Gasteiger partial charge is 0.416 e. The van der Waals surface area contributed by atoms with Gasteiger partial charge < -0.3 is 15.5 Å². The standard InChI is InChI=1S/C22H26F3N5O2/c1-13(16-6-2-3-7-17(16)22(23,24)25)30-15-9-19(21(30)32)28(11-15)12-18(27)20(31)29-8-4-5-14(29)10-26/h2-3,6-7,13-15,18-19H,4-5,8-9,11-12,27H2,1H3/t13-,14+,15+,18+,19+/m1/s1. The number of piperazine rings is 1. The van der Waals surface area contributed by atoms with Gasteiger partial charge in [0.15, 0.2) is 0 Å². The van der Waals surface area contributed by atoms with Gasteiger partial charge in [-0.15, -0.1) is 0 Å². The van der Waals surface area contributed by atoms with Crippen molar-refractivity contribution >= 4 is 11.8 Å². The second-order valence-corrected chi connectivity index (χ2v) is 8.79. The number of halogens is 3. The molecule has 0 unspecified atom stereocenters. The highest BCUT2D eigenvalue weighted by molar-refractivity contribution is 5.87. The van der Waals surface area contributed by atoms with Crippen molar-refractivity contribution in [3.05, 3.63) is 35.4 Å². The number of rotatable bonds is 5. The molecule has 4 rings (SSSR count). The number of likely N-dealkylation sites (tertiary alicyclic amines) is 3. The molecular formula is C22H26F3N5O2. The molecule has 3 aliphatic heterocycles. The number of amides is 2. The van der Waals surface area contributed by atoms with Crippen molar-refractivity contribution in [1.29, 1.82) is 5.26 Å². The van der Waals surface area contributed by atoms with Crippen LogP contribution >= 0.6 is 0 Å². The maximum Gasteiger partial charge on any atom is 0.416 e. The summed E-state index contributed by atoms with van der Waals surface area (Å²) < 4.78 is 40.4. The first-order valence-corrected chi connectivity index (χ1v) is 10.8. The Hall–Kier alpha value is -2.64. The molecule has 172 valence electrons. The lowest BCUT2D eigenvalue weighted by molar-refractivity contribution is -0.143. The number of alkyl halides is 3. The highest BCUT2D eigenvalue weighted by Crippen LogP contribution is 2.41. The lowest BCUT2D eigenvalue weighted by atomic mass is 9.99. The van der Waals surface area contributed by atoms with E-state index in [1.807, 2.05) is 4.90 Å². The van der Waals surface area contributed by atoms with E-state index < -0.39 is 35.9 Å². The zero-order chi connectivity index (χ0) is 23.2. The van der Waals surface area contributed by atoms with Gasteiger partial charge in [0.25, 0.3) is 0 Å². The Bertz CT molecular complexity index is 946. The van der Waals surface area contributed by atoms with Gasteiger partial charge in [-0.3, -0.25) is 14.5 Å². The molecule has 1 aromatic rings. The zero-order valence-corrected chi connectivity index (χ0v) is 17.8. The van der Waals surface area contributed by atoms with Crippen LogP contribution in [0.3, 0.4) is 0 Å². The number of hydrogen-bond donors (Lipinski definition) is 1. The molecule has 3 heterocycles. The maximum atomic E-state index is 13.5. The van der Waals surface area contributed by atoms with E-state index in [0.29, 0.717) is 25.9 Å². The van der Waals surface area contributed by atoms with Crippen molar-refractivity contribution in [2.75, 3.05) is 19.6 Å². The average molecular weight is 449 g/mol. The van der Waals surface area contributed by atoms with E-state index in [2.05, 4.69) is 6.07 Å². The van der Waals surface area contributed by atoms with Crippen LogP contribution in [0.1, 0.15) is 43.4 Å². The summed E-state index contributed by atoms with van der Waals surface area (Å²) in [5, 5.41) is 9.20. The molecule has 3 fully saturated rings. The van der Waals surface area contributed by atoms with Crippen molar-refractivity contribution in [3.63, 3.8) is 0 Å². The molecule has 0 aliphatic carbocycles. The summed E-state index contributed by atoms with van der Waals surface area (Å²) in [6.45, 7) is 2.76. The monoisotopic (exact) mass is 449 g/mol. The van der Waals surface area contributed by atoms with Gasteiger partial charge in [-0.2, -0.15) is 18.4 Å². The van der Waals surface area contributed by atoms with Crippen LogP contribution < -0.4 is 5.73 Å². The molecule has 2 bridgehead atoms. The molecule has 0 spiro atoms. The van der Waals surface area contributed by atoms with Crippen molar-refractivity contribution in [3.8, 4) is 6.07 Å². The molecule has 5 atom stereocenters. The van der Waals surface area contributed by atoms with Gasteiger partial charge in [-0.25, -0.2) is 0 Å². The summed E-state index contributed by atoms with van der Waals surface area (Å²) in [4.78, 5) is 30.7. The molecule has 0 radical (unpaired) electrons. The summed E-state index contributed by atoms with van der Waals surface area (Å²) in [6.07, 6.45) is -2.60. The minimum atomic E-state index is -4.50. The second-order valence-electron chi connectivity index (χ2n) is 8.79. The topological polar surface area (TPSA) is 93.7 Å². The predicted molar refractivity (Wildman–Crippen MR) is 109 cm³/mol. The molecule has 3 saturated heterocycles. The Balaban J connectivity index is 1.44. The SMILES string of the molecule is C[C@H](c1ccccc1C(F)(F)F)N1C(=O)[C@@H]2C[C@H]1CN2C[C@H](N)C(=O)N1CCC[C@H]1C#N. The van der Waals surface area contributed by atoms with Crippen LogP contribution in [0.4, 0.5) is 13.2 Å². The quantitative estimate of drug-likeness (QED) is 0.741. The molecule has 7 nitrogen and oxygen atoms in total. The van der Waals surface area contributed by atoms with Gasteiger partial charge >= 0.3 is 6.18 Å². The number of carbonyl (C=O) groups is 2. The number of nitrogens with zero attached hydrogens (tertiary/aromatic N) is 4. The van der Waals surface area contributed by atoms with Crippen molar-refractivity contribution in [2.45, 2.75) is 62.6 Å². The Morgan fingerprint density at radius 1 is 1.34 bits per heavy atom. The summed E-state index contributed by atoms with van der Waals surface area (Å²) in [5.41, 5.74) is 5.48. The van der Waals surface area contributed by atoms with E-state index in [1.165, 1.54) is 17.0 Å². The summed E-state index contributed by atoms with van der Waals surface area (Å²) in [7, 11) is 0. The van der Waals surface area contributed by atoms with Crippen LogP contribution in [0.2, 0.25) is 0 Å². The van der Waals surface area contributed by atoms with Crippen LogP contribution in [0.5, 0.6) is 0 Å². The fraction of sp³-hybridized carbons (Fsp3) is 0.591. The molecule has 3 aliphatic rings. The first-order chi connectivity index (χ1) is 15.1. The van der Waals surface area contributed by atoms with E-state index in [-0.39, 0.29) is 30.0 Å². The maximum absolute atomic E-state index is 13.5. The number of hydrogen-bond acceptors (Lipinski definition) is 5. The normalized spacial score (nSPS) is 27.6. The molecule has 32 heavy (non-hydrogen) atoms. The van der Waals surface area contributed by atoms with E-state index in [9.17, 15) is 28.0 Å². The molecule has 10 heteroatoms. The first kappa shape index (κ1) is 22.6. The third kappa shape index (κ3) is 3.84. The Kier molecular flexibility index (Phi) is 5.90. The van der Waals surface area contributed by atoms with Gasteiger partial charge in [-0.1, -0.05) is 18.2 Å². The number of fused-ring (bicyclic) bond motifs is 2. The molecule has 0 aromatic heterocycles. The number of carbonyl (C=O) groups excluding carboxylic acids is 2. The molecular weight excluding hydrogens is 423 g/mol. The van der Waals surface area contributed by atoms with Crippen molar-refractivity contribution in [2.24, 2.45) is 5.73 Å². The fourth-order valence-corrected chi connectivity index (χ4v) is 5.38. The van der Waals surface area contributed by atoms with Gasteiger partial charge in [0.1, 0.15) is 6.04 Å². The van der Waals surface area contributed by atoms with Gasteiger partial charge in [0.05, 0.1) is 29.8 Å². The van der Waals surface area contributed by atoms with Crippen LogP contribution in [-0.2, 0) is 15.8 Å². The minimum Gasteiger partial charge on any atom is -0.330 e.